The van der Waals surface area contributed by atoms with E-state index in [1.807, 2.05) is 44.3 Å². The molecule has 0 bridgehead atoms. The molecule has 0 radical (unpaired) electrons. The molecule has 152 valence electrons. The number of Topliss-reactive ketones (excluding diaryl/α,β-unsaturated/α-hetero) is 1. The molecule has 30 heavy (non-hydrogen) atoms. The summed E-state index contributed by atoms with van der Waals surface area (Å²) in [6, 6.07) is 9.68. The second-order valence-electron chi connectivity index (χ2n) is 7.62. The second-order valence-corrected chi connectivity index (χ2v) is 7.62. The van der Waals surface area contributed by atoms with Crippen LogP contribution in [-0.4, -0.2) is 33.6 Å². The molecule has 6 heteroatoms. The van der Waals surface area contributed by atoms with Crippen LogP contribution in [0.3, 0.4) is 0 Å². The van der Waals surface area contributed by atoms with E-state index in [1.165, 1.54) is 0 Å². The van der Waals surface area contributed by atoms with Gasteiger partial charge in [0.1, 0.15) is 11.5 Å². The quantitative estimate of drug-likeness (QED) is 0.602. The van der Waals surface area contributed by atoms with Gasteiger partial charge in [0.2, 0.25) is 0 Å². The molecule has 0 aromatic carbocycles. The number of methoxy groups -OCH3 is 1. The topological polar surface area (TPSA) is 77.3 Å². The fraction of sp³-hybridized carbons (Fsp3) is 0.292. The molecule has 0 aliphatic carbocycles. The smallest absolute Gasteiger partial charge is 0.139 e. The first-order valence-electron chi connectivity index (χ1n) is 10.0. The average molecular weight is 400 g/mol. The van der Waals surface area contributed by atoms with Gasteiger partial charge in [-0.25, -0.2) is 0 Å². The van der Waals surface area contributed by atoms with Gasteiger partial charge >= 0.3 is 0 Å². The molecule has 3 aromatic heterocycles. The van der Waals surface area contributed by atoms with Gasteiger partial charge < -0.3 is 4.74 Å². The molecule has 0 saturated heterocycles. The Hall–Kier alpha value is -3.41. The van der Waals surface area contributed by atoms with E-state index in [4.69, 9.17) is 4.74 Å². The van der Waals surface area contributed by atoms with Crippen LogP contribution < -0.4 is 4.74 Å². The first-order valence-corrected chi connectivity index (χ1v) is 10.0. The summed E-state index contributed by atoms with van der Waals surface area (Å²) in [5.41, 5.74) is 6.73. The summed E-state index contributed by atoms with van der Waals surface area (Å²) in [7, 11) is 1.62. The van der Waals surface area contributed by atoms with E-state index >= 15 is 0 Å². The molecule has 0 N–H and O–H groups in total. The maximum Gasteiger partial charge on any atom is 0.139 e. The van der Waals surface area contributed by atoms with Crippen molar-refractivity contribution in [1.82, 2.24) is 15.0 Å². The number of aryl methyl sites for hydroxylation is 1. The van der Waals surface area contributed by atoms with Crippen molar-refractivity contribution in [2.45, 2.75) is 39.2 Å². The molecule has 0 spiro atoms. The Balaban J connectivity index is 1.43. The number of aliphatic imine (C=N–C) groups is 1. The summed E-state index contributed by atoms with van der Waals surface area (Å²) < 4.78 is 5.25. The van der Waals surface area contributed by atoms with Gasteiger partial charge in [-0.3, -0.25) is 24.7 Å². The Bertz CT molecular complexity index is 1120. The minimum atomic E-state index is 0.0203. The highest BCUT2D eigenvalue weighted by Crippen LogP contribution is 2.25. The third-order valence-corrected chi connectivity index (χ3v) is 5.28. The fourth-order valence-corrected chi connectivity index (χ4v) is 3.72. The number of ketones is 1. The summed E-state index contributed by atoms with van der Waals surface area (Å²) in [4.78, 5) is 30.5. The molecule has 1 aliphatic heterocycles. The van der Waals surface area contributed by atoms with Crippen molar-refractivity contribution in [3.05, 3.63) is 82.7 Å². The van der Waals surface area contributed by atoms with Crippen LogP contribution in [0.4, 0.5) is 0 Å². The number of hydrogen-bond donors (Lipinski definition) is 0. The molecule has 4 rings (SSSR count). The molecule has 4 heterocycles. The number of carbonyl (C=O) groups excluding carboxylic acids is 1. The zero-order chi connectivity index (χ0) is 21.1. The standard InChI is InChI=1S/C24H24N4O2/c1-15(23-12-21(30-3)5-7-26-23)8-20(29)11-19-10-18-13-28-24(22(18)14-27-19)17-4-6-25-16(2)9-17/h4-7,9-10,12,14-15H,8,11,13H2,1-3H3/t15-/m0/s1. The van der Waals surface area contributed by atoms with E-state index in [0.29, 0.717) is 19.4 Å². The predicted molar refractivity (Wildman–Crippen MR) is 115 cm³/mol. The van der Waals surface area contributed by atoms with Crippen LogP contribution in [0.15, 0.2) is 53.9 Å². The number of rotatable bonds is 7. The van der Waals surface area contributed by atoms with Gasteiger partial charge in [-0.15, -0.1) is 0 Å². The Morgan fingerprint density at radius 2 is 1.97 bits per heavy atom. The Morgan fingerprint density at radius 1 is 1.13 bits per heavy atom. The molecule has 0 fully saturated rings. The maximum atomic E-state index is 12.6. The van der Waals surface area contributed by atoms with Crippen LogP contribution in [0, 0.1) is 6.92 Å². The Morgan fingerprint density at radius 3 is 2.77 bits per heavy atom. The third kappa shape index (κ3) is 4.27. The van der Waals surface area contributed by atoms with E-state index in [2.05, 4.69) is 19.9 Å². The van der Waals surface area contributed by atoms with E-state index in [0.717, 1.165) is 45.2 Å². The van der Waals surface area contributed by atoms with Crippen LogP contribution in [0.2, 0.25) is 0 Å². The second kappa shape index (κ2) is 8.53. The molecule has 0 unspecified atom stereocenters. The largest absolute Gasteiger partial charge is 0.497 e. The van der Waals surface area contributed by atoms with E-state index in [9.17, 15) is 4.79 Å². The summed E-state index contributed by atoms with van der Waals surface area (Å²) >= 11 is 0. The molecule has 6 nitrogen and oxygen atoms in total. The lowest BCUT2D eigenvalue weighted by atomic mass is 9.97. The van der Waals surface area contributed by atoms with Crippen molar-refractivity contribution in [2.24, 2.45) is 4.99 Å². The van der Waals surface area contributed by atoms with Crippen molar-refractivity contribution in [1.29, 1.82) is 0 Å². The lowest BCUT2D eigenvalue weighted by Gasteiger charge is -2.11. The summed E-state index contributed by atoms with van der Waals surface area (Å²) in [6.07, 6.45) is 6.07. The number of carbonyl (C=O) groups is 1. The van der Waals surface area contributed by atoms with Crippen molar-refractivity contribution < 1.29 is 9.53 Å². The summed E-state index contributed by atoms with van der Waals surface area (Å²) in [6.45, 7) is 4.58. The molecule has 0 amide bonds. The van der Waals surface area contributed by atoms with Crippen LogP contribution in [0.5, 0.6) is 5.75 Å². The number of ether oxygens (including phenoxy) is 1. The molecule has 1 aliphatic rings. The van der Waals surface area contributed by atoms with Gasteiger partial charge in [0.25, 0.3) is 0 Å². The first kappa shape index (κ1) is 19.9. The van der Waals surface area contributed by atoms with Crippen LogP contribution in [-0.2, 0) is 17.8 Å². The average Bonchev–Trinajstić information content (AvgIpc) is 3.17. The van der Waals surface area contributed by atoms with Crippen molar-refractivity contribution in [2.75, 3.05) is 7.11 Å². The van der Waals surface area contributed by atoms with E-state index < -0.39 is 0 Å². The maximum absolute atomic E-state index is 12.6. The van der Waals surface area contributed by atoms with Gasteiger partial charge in [0.15, 0.2) is 0 Å². The van der Waals surface area contributed by atoms with Gasteiger partial charge in [-0.05, 0) is 36.8 Å². The monoisotopic (exact) mass is 400 g/mol. The Labute approximate surface area is 176 Å². The molecule has 0 saturated carbocycles. The van der Waals surface area contributed by atoms with Gasteiger partial charge in [-0.1, -0.05) is 6.92 Å². The molecule has 3 aromatic rings. The highest BCUT2D eigenvalue weighted by Gasteiger charge is 2.20. The zero-order valence-electron chi connectivity index (χ0n) is 17.4. The summed E-state index contributed by atoms with van der Waals surface area (Å²) in [5, 5.41) is 0. The fourth-order valence-electron chi connectivity index (χ4n) is 3.72. The number of nitrogens with zero attached hydrogens (tertiary/aromatic N) is 4. The number of hydrogen-bond acceptors (Lipinski definition) is 6. The van der Waals surface area contributed by atoms with Gasteiger partial charge in [0, 0.05) is 71.6 Å². The number of aromatic nitrogens is 3. The molecule has 1 atom stereocenters. The van der Waals surface area contributed by atoms with Crippen LogP contribution >= 0.6 is 0 Å². The number of fused-ring (bicyclic) bond motifs is 1. The van der Waals surface area contributed by atoms with Crippen molar-refractivity contribution in [3.8, 4) is 5.75 Å². The lowest BCUT2D eigenvalue weighted by Crippen LogP contribution is -2.10. The first-order chi connectivity index (χ1) is 14.5. The van der Waals surface area contributed by atoms with Crippen molar-refractivity contribution in [3.63, 3.8) is 0 Å². The minimum Gasteiger partial charge on any atom is -0.497 e. The highest BCUT2D eigenvalue weighted by atomic mass is 16.5. The van der Waals surface area contributed by atoms with Crippen LogP contribution in [0.25, 0.3) is 0 Å². The lowest BCUT2D eigenvalue weighted by molar-refractivity contribution is -0.118. The van der Waals surface area contributed by atoms with E-state index in [-0.39, 0.29) is 11.7 Å². The summed E-state index contributed by atoms with van der Waals surface area (Å²) in [5.74, 6) is 0.912. The minimum absolute atomic E-state index is 0.0203. The SMILES string of the molecule is COc1ccnc([C@@H](C)CC(=O)Cc2cc3c(cn2)C(c2ccnc(C)c2)=NC3)c1. The van der Waals surface area contributed by atoms with E-state index in [1.54, 1.807) is 25.6 Å². The highest BCUT2D eigenvalue weighted by molar-refractivity contribution is 6.15. The molecular weight excluding hydrogens is 376 g/mol. The van der Waals surface area contributed by atoms with Crippen molar-refractivity contribution >= 4 is 11.5 Å². The number of pyridine rings is 3. The Kier molecular flexibility index (Phi) is 5.65. The van der Waals surface area contributed by atoms with Crippen LogP contribution in [0.1, 0.15) is 53.0 Å². The van der Waals surface area contributed by atoms with Gasteiger partial charge in [-0.2, -0.15) is 0 Å². The van der Waals surface area contributed by atoms with Gasteiger partial charge in [0.05, 0.1) is 19.4 Å². The zero-order valence-corrected chi connectivity index (χ0v) is 17.4. The molecular formula is C24H24N4O2. The third-order valence-electron chi connectivity index (χ3n) is 5.28. The predicted octanol–water partition coefficient (Wildman–Crippen LogP) is 3.85. The normalized spacial score (nSPS) is 13.5.